The zero-order chi connectivity index (χ0) is 13.7. The lowest BCUT2D eigenvalue weighted by molar-refractivity contribution is -0.133. The lowest BCUT2D eigenvalue weighted by Gasteiger charge is -2.33. The van der Waals surface area contributed by atoms with E-state index in [1.807, 2.05) is 11.4 Å². The molecule has 0 saturated carbocycles. The molecule has 0 radical (unpaired) electrons. The molecule has 0 spiro atoms. The highest BCUT2D eigenvalue weighted by Gasteiger charge is 2.22. The van der Waals surface area contributed by atoms with E-state index in [4.69, 9.17) is 0 Å². The number of carbonyl (C=O) groups is 1. The number of nitrogens with one attached hydrogen (secondary N) is 1. The maximum absolute atomic E-state index is 12.4. The van der Waals surface area contributed by atoms with Gasteiger partial charge in [0.05, 0.1) is 6.42 Å². The zero-order valence-corrected chi connectivity index (χ0v) is 12.7. The van der Waals surface area contributed by atoms with Gasteiger partial charge < -0.3 is 10.2 Å². The summed E-state index contributed by atoms with van der Waals surface area (Å²) in [6, 6.07) is 2.34. The Bertz CT molecular complexity index is 383. The molecule has 1 aliphatic rings. The van der Waals surface area contributed by atoms with E-state index in [9.17, 15) is 4.79 Å². The molecule has 0 aliphatic carbocycles. The lowest BCUT2D eigenvalue weighted by Crippen LogP contribution is -2.43. The quantitative estimate of drug-likeness (QED) is 0.899. The van der Waals surface area contributed by atoms with Gasteiger partial charge in [0.2, 0.25) is 5.91 Å². The van der Waals surface area contributed by atoms with Crippen LogP contribution < -0.4 is 5.32 Å². The predicted octanol–water partition coefficient (Wildman–Crippen LogP) is 2.53. The second-order valence-electron chi connectivity index (χ2n) is 5.64. The van der Waals surface area contributed by atoms with E-state index in [2.05, 4.69) is 29.4 Å². The van der Waals surface area contributed by atoms with Gasteiger partial charge in [0.25, 0.3) is 0 Å². The second kappa shape index (κ2) is 7.06. The molecule has 1 fully saturated rings. The van der Waals surface area contributed by atoms with Gasteiger partial charge in [-0.2, -0.15) is 11.3 Å². The molecule has 1 aromatic heterocycles. The monoisotopic (exact) mass is 280 g/mol. The molecular formula is C15H24N2OS. The molecule has 1 amide bonds. The van der Waals surface area contributed by atoms with Gasteiger partial charge in [-0.25, -0.2) is 0 Å². The van der Waals surface area contributed by atoms with Crippen LogP contribution in [-0.2, 0) is 11.2 Å². The molecule has 1 saturated heterocycles. The summed E-state index contributed by atoms with van der Waals surface area (Å²) in [5, 5.41) is 7.49. The Hall–Kier alpha value is -0.870. The maximum Gasteiger partial charge on any atom is 0.227 e. The minimum atomic E-state index is 0.270. The molecule has 106 valence electrons. The first-order valence-corrected chi connectivity index (χ1v) is 8.12. The molecule has 2 rings (SSSR count). The minimum Gasteiger partial charge on any atom is -0.340 e. The SMILES string of the molecule is CC(C)N(CC1CCNCC1)C(=O)Cc1ccsc1. The number of hydrogen-bond donors (Lipinski definition) is 1. The van der Waals surface area contributed by atoms with Crippen molar-refractivity contribution in [2.45, 2.75) is 39.2 Å². The summed E-state index contributed by atoms with van der Waals surface area (Å²) >= 11 is 1.66. The number of hydrogen-bond acceptors (Lipinski definition) is 3. The van der Waals surface area contributed by atoms with Crippen molar-refractivity contribution in [3.05, 3.63) is 22.4 Å². The molecule has 0 atom stereocenters. The molecule has 4 heteroatoms. The van der Waals surface area contributed by atoms with Crippen LogP contribution in [0.4, 0.5) is 0 Å². The standard InChI is InChI=1S/C15H24N2OS/c1-12(2)17(10-13-3-6-16-7-4-13)15(18)9-14-5-8-19-11-14/h5,8,11-13,16H,3-4,6-7,9-10H2,1-2H3. The highest BCUT2D eigenvalue weighted by Crippen LogP contribution is 2.17. The molecule has 2 heterocycles. The molecular weight excluding hydrogens is 256 g/mol. The molecule has 1 aliphatic heterocycles. The molecule has 19 heavy (non-hydrogen) atoms. The van der Waals surface area contributed by atoms with Gasteiger partial charge in [-0.15, -0.1) is 0 Å². The first-order valence-electron chi connectivity index (χ1n) is 7.18. The van der Waals surface area contributed by atoms with E-state index in [0.717, 1.165) is 25.2 Å². The predicted molar refractivity (Wildman–Crippen MR) is 80.5 cm³/mol. The van der Waals surface area contributed by atoms with Crippen molar-refractivity contribution >= 4 is 17.2 Å². The summed E-state index contributed by atoms with van der Waals surface area (Å²) in [6.07, 6.45) is 2.93. The number of nitrogens with zero attached hydrogens (tertiary/aromatic N) is 1. The topological polar surface area (TPSA) is 32.3 Å². The summed E-state index contributed by atoms with van der Waals surface area (Å²) in [7, 11) is 0. The smallest absolute Gasteiger partial charge is 0.227 e. The third kappa shape index (κ3) is 4.32. The largest absolute Gasteiger partial charge is 0.340 e. The van der Waals surface area contributed by atoms with Crippen LogP contribution >= 0.6 is 11.3 Å². The van der Waals surface area contributed by atoms with E-state index < -0.39 is 0 Å². The molecule has 0 unspecified atom stereocenters. The summed E-state index contributed by atoms with van der Waals surface area (Å²) in [4.78, 5) is 14.5. The van der Waals surface area contributed by atoms with Crippen molar-refractivity contribution in [1.29, 1.82) is 0 Å². The lowest BCUT2D eigenvalue weighted by atomic mass is 9.96. The van der Waals surface area contributed by atoms with Gasteiger partial charge in [-0.1, -0.05) is 0 Å². The van der Waals surface area contributed by atoms with Gasteiger partial charge in [0.15, 0.2) is 0 Å². The zero-order valence-electron chi connectivity index (χ0n) is 11.9. The number of carbonyl (C=O) groups excluding carboxylic acids is 1. The highest BCUT2D eigenvalue weighted by molar-refractivity contribution is 7.07. The Kier molecular flexibility index (Phi) is 5.40. The van der Waals surface area contributed by atoms with Crippen LogP contribution in [0.3, 0.4) is 0 Å². The summed E-state index contributed by atoms with van der Waals surface area (Å²) < 4.78 is 0. The van der Waals surface area contributed by atoms with Gasteiger partial charge >= 0.3 is 0 Å². The van der Waals surface area contributed by atoms with Crippen LogP contribution in [0.2, 0.25) is 0 Å². The van der Waals surface area contributed by atoms with E-state index >= 15 is 0 Å². The first-order chi connectivity index (χ1) is 9.16. The van der Waals surface area contributed by atoms with Crippen molar-refractivity contribution in [1.82, 2.24) is 10.2 Å². The van der Waals surface area contributed by atoms with Crippen LogP contribution in [0.1, 0.15) is 32.3 Å². The fourth-order valence-corrected chi connectivity index (χ4v) is 3.28. The molecule has 0 bridgehead atoms. The van der Waals surface area contributed by atoms with Crippen molar-refractivity contribution in [3.8, 4) is 0 Å². The van der Waals surface area contributed by atoms with Gasteiger partial charge in [0.1, 0.15) is 0 Å². The van der Waals surface area contributed by atoms with E-state index in [-0.39, 0.29) is 5.91 Å². The van der Waals surface area contributed by atoms with Crippen LogP contribution in [-0.4, -0.2) is 36.5 Å². The van der Waals surface area contributed by atoms with Crippen molar-refractivity contribution in [2.24, 2.45) is 5.92 Å². The highest BCUT2D eigenvalue weighted by atomic mass is 32.1. The average Bonchev–Trinajstić information content (AvgIpc) is 2.89. The van der Waals surface area contributed by atoms with Gasteiger partial charge in [-0.3, -0.25) is 4.79 Å². The van der Waals surface area contributed by atoms with Gasteiger partial charge in [-0.05, 0) is 68.1 Å². The van der Waals surface area contributed by atoms with Crippen LogP contribution in [0.15, 0.2) is 16.8 Å². The number of thiophene rings is 1. The third-order valence-electron chi connectivity index (χ3n) is 3.79. The Morgan fingerprint density at radius 2 is 2.21 bits per heavy atom. The Morgan fingerprint density at radius 1 is 1.47 bits per heavy atom. The summed E-state index contributed by atoms with van der Waals surface area (Å²) in [5.41, 5.74) is 1.14. The molecule has 3 nitrogen and oxygen atoms in total. The van der Waals surface area contributed by atoms with E-state index in [1.54, 1.807) is 11.3 Å². The fourth-order valence-electron chi connectivity index (χ4n) is 2.61. The van der Waals surface area contributed by atoms with Gasteiger partial charge in [0, 0.05) is 12.6 Å². The van der Waals surface area contributed by atoms with Crippen molar-refractivity contribution < 1.29 is 4.79 Å². The summed E-state index contributed by atoms with van der Waals surface area (Å²) in [5.74, 6) is 0.932. The Labute approximate surface area is 120 Å². The number of amides is 1. The fraction of sp³-hybridized carbons (Fsp3) is 0.667. The molecule has 1 aromatic rings. The first kappa shape index (κ1) is 14.5. The summed E-state index contributed by atoms with van der Waals surface area (Å²) in [6.45, 7) is 7.34. The Balaban J connectivity index is 1.92. The molecule has 1 N–H and O–H groups in total. The van der Waals surface area contributed by atoms with Crippen LogP contribution in [0, 0.1) is 5.92 Å². The van der Waals surface area contributed by atoms with Crippen LogP contribution in [0.25, 0.3) is 0 Å². The van der Waals surface area contributed by atoms with Crippen molar-refractivity contribution in [2.75, 3.05) is 19.6 Å². The number of rotatable bonds is 5. The second-order valence-corrected chi connectivity index (χ2v) is 6.42. The van der Waals surface area contributed by atoms with E-state index in [1.165, 1.54) is 12.8 Å². The minimum absolute atomic E-state index is 0.270. The van der Waals surface area contributed by atoms with Crippen molar-refractivity contribution in [3.63, 3.8) is 0 Å². The average molecular weight is 280 g/mol. The normalized spacial score (nSPS) is 16.8. The molecule has 0 aromatic carbocycles. The Morgan fingerprint density at radius 3 is 2.79 bits per heavy atom. The third-order valence-corrected chi connectivity index (χ3v) is 4.52. The number of piperidine rings is 1. The van der Waals surface area contributed by atoms with E-state index in [0.29, 0.717) is 18.4 Å². The maximum atomic E-state index is 12.4. The van der Waals surface area contributed by atoms with Crippen LogP contribution in [0.5, 0.6) is 0 Å².